The van der Waals surface area contributed by atoms with Gasteiger partial charge in [0.25, 0.3) is 0 Å². The maximum Gasteiger partial charge on any atom is 0.137 e. The van der Waals surface area contributed by atoms with Gasteiger partial charge in [-0.05, 0) is 65.1 Å². The molecule has 1 atom stereocenters. The minimum Gasteiger partial charge on any atom is -0.316 e. The molecule has 0 aromatic heterocycles. The van der Waals surface area contributed by atoms with Crippen molar-refractivity contribution in [3.05, 3.63) is 69.7 Å². The van der Waals surface area contributed by atoms with Crippen LogP contribution in [0.2, 0.25) is 0 Å². The Morgan fingerprint density at radius 1 is 1.05 bits per heavy atom. The summed E-state index contributed by atoms with van der Waals surface area (Å²) < 4.78 is 26.9. The zero-order valence-corrected chi connectivity index (χ0v) is 12.8. The molecule has 0 aliphatic carbocycles. The van der Waals surface area contributed by atoms with E-state index in [0.717, 1.165) is 17.5 Å². The van der Waals surface area contributed by atoms with Gasteiger partial charge in [-0.15, -0.1) is 0 Å². The zero-order chi connectivity index (χ0) is 14.5. The third kappa shape index (κ3) is 3.87. The molecule has 0 saturated heterocycles. The van der Waals surface area contributed by atoms with Gasteiger partial charge in [0.1, 0.15) is 11.6 Å². The summed E-state index contributed by atoms with van der Waals surface area (Å²) in [6, 6.07) is 11.7. The highest BCUT2D eigenvalue weighted by Crippen LogP contribution is 2.22. The van der Waals surface area contributed by atoms with Crippen molar-refractivity contribution >= 4 is 15.9 Å². The highest BCUT2D eigenvalue weighted by Gasteiger charge is 2.12. The highest BCUT2D eigenvalue weighted by molar-refractivity contribution is 9.10. The summed E-state index contributed by atoms with van der Waals surface area (Å²) >= 11 is 3.28. The lowest BCUT2D eigenvalue weighted by molar-refractivity contribution is 0.549. The fourth-order valence-corrected chi connectivity index (χ4v) is 2.58. The van der Waals surface area contributed by atoms with Crippen LogP contribution >= 0.6 is 15.9 Å². The second kappa shape index (κ2) is 6.95. The molecular weight excluding hydrogens is 324 g/mol. The molecule has 0 radical (unpaired) electrons. The number of hydrogen-bond donors (Lipinski definition) is 1. The van der Waals surface area contributed by atoms with E-state index in [0.29, 0.717) is 10.9 Å². The Hall–Kier alpha value is -1.26. The minimum atomic E-state index is -0.251. The third-order valence-electron chi connectivity index (χ3n) is 3.30. The van der Waals surface area contributed by atoms with E-state index in [9.17, 15) is 8.78 Å². The number of halogens is 3. The Morgan fingerprint density at radius 2 is 1.75 bits per heavy atom. The predicted molar refractivity (Wildman–Crippen MR) is 80.8 cm³/mol. The van der Waals surface area contributed by atoms with Crippen LogP contribution in [0.5, 0.6) is 0 Å². The zero-order valence-electron chi connectivity index (χ0n) is 11.2. The molecule has 0 aliphatic heterocycles. The first-order valence-corrected chi connectivity index (χ1v) is 7.24. The Morgan fingerprint density at radius 3 is 2.40 bits per heavy atom. The quantitative estimate of drug-likeness (QED) is 0.864. The summed E-state index contributed by atoms with van der Waals surface area (Å²) in [6.45, 7) is 0. The summed E-state index contributed by atoms with van der Waals surface area (Å²) in [6.07, 6.45) is 1.46. The van der Waals surface area contributed by atoms with Crippen molar-refractivity contribution in [1.29, 1.82) is 0 Å². The van der Waals surface area contributed by atoms with Gasteiger partial charge in [-0.2, -0.15) is 0 Å². The molecule has 2 aromatic carbocycles. The highest BCUT2D eigenvalue weighted by atomic mass is 79.9. The second-order valence-corrected chi connectivity index (χ2v) is 5.53. The van der Waals surface area contributed by atoms with Crippen LogP contribution < -0.4 is 5.32 Å². The van der Waals surface area contributed by atoms with Crippen molar-refractivity contribution in [2.45, 2.75) is 18.9 Å². The van der Waals surface area contributed by atoms with Gasteiger partial charge in [0.2, 0.25) is 0 Å². The number of benzene rings is 2. The molecule has 0 heterocycles. The fourth-order valence-electron chi connectivity index (χ4n) is 2.15. The Balaban J connectivity index is 2.09. The van der Waals surface area contributed by atoms with Gasteiger partial charge >= 0.3 is 0 Å². The average Bonchev–Trinajstić information content (AvgIpc) is 2.45. The van der Waals surface area contributed by atoms with Crippen LogP contribution in [0.4, 0.5) is 8.78 Å². The maximum absolute atomic E-state index is 13.5. The summed E-state index contributed by atoms with van der Waals surface area (Å²) in [5, 5.41) is 3.22. The molecule has 106 valence electrons. The summed E-state index contributed by atoms with van der Waals surface area (Å²) in [5.74, 6) is -0.484. The van der Waals surface area contributed by atoms with Crippen molar-refractivity contribution in [3.8, 4) is 0 Å². The number of nitrogens with one attached hydrogen (secondary N) is 1. The van der Waals surface area contributed by atoms with E-state index in [4.69, 9.17) is 0 Å². The van der Waals surface area contributed by atoms with E-state index in [2.05, 4.69) is 21.2 Å². The molecule has 1 N–H and O–H groups in total. The predicted octanol–water partition coefficient (Wildman–Crippen LogP) is 4.10. The summed E-state index contributed by atoms with van der Waals surface area (Å²) in [7, 11) is 1.88. The van der Waals surface area contributed by atoms with Crippen molar-refractivity contribution in [1.82, 2.24) is 5.32 Å². The minimum absolute atomic E-state index is 0.165. The number of likely N-dealkylation sites (N-methyl/N-ethyl adjacent to an activating group) is 1. The maximum atomic E-state index is 13.5. The van der Waals surface area contributed by atoms with Crippen LogP contribution in [0.3, 0.4) is 0 Å². The molecule has 2 rings (SSSR count). The molecule has 1 nitrogen and oxygen atoms in total. The van der Waals surface area contributed by atoms with Gasteiger partial charge in [-0.25, -0.2) is 8.78 Å². The van der Waals surface area contributed by atoms with E-state index >= 15 is 0 Å². The van der Waals surface area contributed by atoms with Gasteiger partial charge in [0, 0.05) is 6.04 Å². The molecule has 1 unspecified atom stereocenters. The Bertz CT molecular complexity index is 569. The van der Waals surface area contributed by atoms with Crippen LogP contribution in [0.25, 0.3) is 0 Å². The van der Waals surface area contributed by atoms with Gasteiger partial charge in [0.15, 0.2) is 0 Å². The SMILES string of the molecule is CNC(Cc1ccc(F)cc1)Cc1cccc(F)c1Br. The molecule has 4 heteroatoms. The van der Waals surface area contributed by atoms with Crippen LogP contribution in [0.15, 0.2) is 46.9 Å². The van der Waals surface area contributed by atoms with E-state index in [1.54, 1.807) is 18.2 Å². The monoisotopic (exact) mass is 339 g/mol. The first-order valence-electron chi connectivity index (χ1n) is 6.44. The summed E-state index contributed by atoms with van der Waals surface area (Å²) in [5.41, 5.74) is 1.98. The molecule has 0 bridgehead atoms. The van der Waals surface area contributed by atoms with Crippen molar-refractivity contribution < 1.29 is 8.78 Å². The second-order valence-electron chi connectivity index (χ2n) is 4.73. The van der Waals surface area contributed by atoms with Gasteiger partial charge < -0.3 is 5.32 Å². The average molecular weight is 340 g/mol. The fraction of sp³-hybridized carbons (Fsp3) is 0.250. The van der Waals surface area contributed by atoms with Crippen molar-refractivity contribution in [3.63, 3.8) is 0 Å². The lowest BCUT2D eigenvalue weighted by Crippen LogP contribution is -2.30. The molecule has 0 amide bonds. The molecule has 2 aromatic rings. The van der Waals surface area contributed by atoms with E-state index in [-0.39, 0.29) is 17.7 Å². The van der Waals surface area contributed by atoms with Crippen molar-refractivity contribution in [2.24, 2.45) is 0 Å². The Kier molecular flexibility index (Phi) is 5.26. The van der Waals surface area contributed by atoms with Gasteiger partial charge in [-0.3, -0.25) is 0 Å². The first kappa shape index (κ1) is 15.1. The normalized spacial score (nSPS) is 12.4. The molecule has 0 saturated carbocycles. The molecule has 0 spiro atoms. The van der Waals surface area contributed by atoms with Crippen LogP contribution in [-0.4, -0.2) is 13.1 Å². The van der Waals surface area contributed by atoms with E-state index in [1.165, 1.54) is 18.2 Å². The van der Waals surface area contributed by atoms with Crippen LogP contribution in [0.1, 0.15) is 11.1 Å². The number of rotatable bonds is 5. The summed E-state index contributed by atoms with van der Waals surface area (Å²) in [4.78, 5) is 0. The van der Waals surface area contributed by atoms with Crippen LogP contribution in [-0.2, 0) is 12.8 Å². The largest absolute Gasteiger partial charge is 0.316 e. The van der Waals surface area contributed by atoms with Gasteiger partial charge in [-0.1, -0.05) is 24.3 Å². The van der Waals surface area contributed by atoms with Crippen LogP contribution in [0, 0.1) is 11.6 Å². The molecular formula is C16H16BrF2N. The first-order chi connectivity index (χ1) is 9.60. The lowest BCUT2D eigenvalue weighted by atomic mass is 9.99. The van der Waals surface area contributed by atoms with Gasteiger partial charge in [0.05, 0.1) is 4.47 Å². The molecule has 0 fully saturated rings. The van der Waals surface area contributed by atoms with Crippen molar-refractivity contribution in [2.75, 3.05) is 7.05 Å². The number of hydrogen-bond acceptors (Lipinski definition) is 1. The standard InChI is InChI=1S/C16H16BrF2N/c1-20-14(9-11-5-7-13(18)8-6-11)10-12-3-2-4-15(19)16(12)17/h2-8,14,20H,9-10H2,1H3. The Labute approximate surface area is 126 Å². The molecule has 20 heavy (non-hydrogen) atoms. The van der Waals surface area contributed by atoms with E-state index < -0.39 is 0 Å². The smallest absolute Gasteiger partial charge is 0.137 e. The lowest BCUT2D eigenvalue weighted by Gasteiger charge is -2.17. The third-order valence-corrected chi connectivity index (χ3v) is 4.19. The van der Waals surface area contributed by atoms with E-state index in [1.807, 2.05) is 13.1 Å². The molecule has 0 aliphatic rings. The topological polar surface area (TPSA) is 12.0 Å².